The molecule has 3 rings (SSSR count). The van der Waals surface area contributed by atoms with E-state index in [2.05, 4.69) is 5.32 Å². The number of carbonyl (C=O) groups excluding carboxylic acids is 1. The van der Waals surface area contributed by atoms with Gasteiger partial charge >= 0.3 is 6.03 Å². The summed E-state index contributed by atoms with van der Waals surface area (Å²) in [6.07, 6.45) is -0.647. The van der Waals surface area contributed by atoms with Crippen LogP contribution in [0.4, 0.5) is 10.5 Å². The Hall–Kier alpha value is -2.33. The van der Waals surface area contributed by atoms with Gasteiger partial charge in [-0.15, -0.1) is 0 Å². The van der Waals surface area contributed by atoms with E-state index in [-0.39, 0.29) is 0 Å². The molecule has 0 radical (unpaired) electrons. The molecule has 0 fully saturated rings. The van der Waals surface area contributed by atoms with Gasteiger partial charge in [-0.3, -0.25) is 0 Å². The number of nitrogens with two attached hydrogens (primary N) is 1. The van der Waals surface area contributed by atoms with Crippen LogP contribution in [-0.2, 0) is 0 Å². The minimum Gasteiger partial charge on any atom is -0.384 e. The number of aliphatic hydroxyl groups is 1. The molecule has 4 nitrogen and oxygen atoms in total. The van der Waals surface area contributed by atoms with Crippen LogP contribution in [0.2, 0.25) is 0 Å². The predicted octanol–water partition coefficient (Wildman–Crippen LogP) is 2.24. The van der Waals surface area contributed by atoms with Crippen LogP contribution < -0.4 is 11.1 Å². The number of nitrogens with one attached hydrogen (secondary N) is 1. The van der Waals surface area contributed by atoms with Crippen molar-refractivity contribution in [3.05, 3.63) is 53.6 Å². The Morgan fingerprint density at radius 2 is 1.83 bits per heavy atom. The van der Waals surface area contributed by atoms with Crippen molar-refractivity contribution < 1.29 is 9.90 Å². The summed E-state index contributed by atoms with van der Waals surface area (Å²) < 4.78 is 0. The number of primary amides is 1. The molecular formula is C14H12N2O2. The zero-order chi connectivity index (χ0) is 12.7. The standard InChI is InChI=1S/C14H12N2O2/c15-14(18)16-8-5-6-10-9-3-1-2-4-11(9)13(17)12(10)7-8/h1-7,13,17H,(H3,15,16,18). The van der Waals surface area contributed by atoms with Crippen LogP contribution in [0, 0.1) is 0 Å². The van der Waals surface area contributed by atoms with Crippen LogP contribution >= 0.6 is 0 Å². The Kier molecular flexibility index (Phi) is 2.31. The van der Waals surface area contributed by atoms with E-state index >= 15 is 0 Å². The minimum atomic E-state index is -0.647. The summed E-state index contributed by atoms with van der Waals surface area (Å²) in [5, 5.41) is 12.8. The second-order valence-corrected chi connectivity index (χ2v) is 4.28. The Morgan fingerprint density at radius 3 is 2.61 bits per heavy atom. The van der Waals surface area contributed by atoms with E-state index in [0.717, 1.165) is 22.3 Å². The number of fused-ring (bicyclic) bond motifs is 3. The number of carbonyl (C=O) groups is 1. The van der Waals surface area contributed by atoms with Crippen molar-refractivity contribution in [1.82, 2.24) is 0 Å². The number of rotatable bonds is 1. The zero-order valence-corrected chi connectivity index (χ0v) is 9.55. The maximum absolute atomic E-state index is 10.8. The fraction of sp³-hybridized carbons (Fsp3) is 0.0714. The summed E-state index contributed by atoms with van der Waals surface area (Å²) >= 11 is 0. The molecule has 0 spiro atoms. The molecule has 1 aliphatic rings. The summed E-state index contributed by atoms with van der Waals surface area (Å²) in [7, 11) is 0. The Morgan fingerprint density at radius 1 is 1.11 bits per heavy atom. The van der Waals surface area contributed by atoms with Crippen LogP contribution in [0.25, 0.3) is 11.1 Å². The van der Waals surface area contributed by atoms with Crippen LogP contribution in [0.3, 0.4) is 0 Å². The summed E-state index contributed by atoms with van der Waals surface area (Å²) in [5.41, 5.74) is 9.38. The van der Waals surface area contributed by atoms with Crippen LogP contribution in [0.5, 0.6) is 0 Å². The molecule has 0 aliphatic heterocycles. The smallest absolute Gasteiger partial charge is 0.316 e. The summed E-state index contributed by atoms with van der Waals surface area (Å²) in [6, 6.07) is 12.5. The number of hydrogen-bond donors (Lipinski definition) is 3. The highest BCUT2D eigenvalue weighted by molar-refractivity contribution is 5.89. The molecule has 1 unspecified atom stereocenters. The highest BCUT2D eigenvalue weighted by Crippen LogP contribution is 2.43. The number of urea groups is 1. The third-order valence-electron chi connectivity index (χ3n) is 3.16. The number of anilines is 1. The number of benzene rings is 2. The van der Waals surface area contributed by atoms with E-state index in [0.29, 0.717) is 5.69 Å². The Labute approximate surface area is 104 Å². The molecule has 1 atom stereocenters. The number of amides is 2. The van der Waals surface area contributed by atoms with Gasteiger partial charge in [-0.1, -0.05) is 30.3 Å². The third kappa shape index (κ3) is 1.55. The van der Waals surface area contributed by atoms with Crippen molar-refractivity contribution in [1.29, 1.82) is 0 Å². The van der Waals surface area contributed by atoms with Gasteiger partial charge in [0.05, 0.1) is 0 Å². The average molecular weight is 240 g/mol. The van der Waals surface area contributed by atoms with Gasteiger partial charge in [0.15, 0.2) is 0 Å². The van der Waals surface area contributed by atoms with Crippen LogP contribution in [-0.4, -0.2) is 11.1 Å². The molecule has 0 saturated carbocycles. The number of hydrogen-bond acceptors (Lipinski definition) is 2. The van der Waals surface area contributed by atoms with E-state index in [4.69, 9.17) is 5.73 Å². The van der Waals surface area contributed by atoms with Crippen molar-refractivity contribution in [2.24, 2.45) is 5.73 Å². The zero-order valence-electron chi connectivity index (χ0n) is 9.55. The third-order valence-corrected chi connectivity index (χ3v) is 3.16. The molecule has 18 heavy (non-hydrogen) atoms. The molecule has 0 heterocycles. The van der Waals surface area contributed by atoms with E-state index in [1.165, 1.54) is 0 Å². The first-order valence-corrected chi connectivity index (χ1v) is 5.64. The second-order valence-electron chi connectivity index (χ2n) is 4.28. The molecular weight excluding hydrogens is 228 g/mol. The first kappa shape index (κ1) is 10.8. The van der Waals surface area contributed by atoms with Crippen LogP contribution in [0.15, 0.2) is 42.5 Å². The van der Waals surface area contributed by atoms with Gasteiger partial charge in [-0.2, -0.15) is 0 Å². The first-order chi connectivity index (χ1) is 8.66. The van der Waals surface area contributed by atoms with Gasteiger partial charge in [-0.25, -0.2) is 4.79 Å². The SMILES string of the molecule is NC(=O)Nc1ccc2c(c1)C(O)c1ccccc1-2. The molecule has 4 N–H and O–H groups in total. The van der Waals surface area contributed by atoms with E-state index in [1.54, 1.807) is 12.1 Å². The number of aliphatic hydroxyl groups excluding tert-OH is 1. The lowest BCUT2D eigenvalue weighted by atomic mass is 10.1. The Bertz CT molecular complexity index is 637. The maximum atomic E-state index is 10.8. The molecule has 1 aliphatic carbocycles. The monoisotopic (exact) mass is 240 g/mol. The van der Waals surface area contributed by atoms with Gasteiger partial charge in [0.25, 0.3) is 0 Å². The van der Waals surface area contributed by atoms with Gasteiger partial charge in [-0.05, 0) is 34.4 Å². The normalized spacial score (nSPS) is 15.9. The predicted molar refractivity (Wildman–Crippen MR) is 69.1 cm³/mol. The molecule has 2 aromatic carbocycles. The molecule has 4 heteroatoms. The van der Waals surface area contributed by atoms with Gasteiger partial charge in [0, 0.05) is 5.69 Å². The van der Waals surface area contributed by atoms with Crippen molar-refractivity contribution >= 4 is 11.7 Å². The largest absolute Gasteiger partial charge is 0.384 e. The highest BCUT2D eigenvalue weighted by Gasteiger charge is 2.26. The van der Waals surface area contributed by atoms with E-state index < -0.39 is 12.1 Å². The van der Waals surface area contributed by atoms with Crippen LogP contribution in [0.1, 0.15) is 17.2 Å². The molecule has 2 amide bonds. The molecule has 2 aromatic rings. The second kappa shape index (κ2) is 3.85. The topological polar surface area (TPSA) is 75.4 Å². The molecule has 0 bridgehead atoms. The molecule has 90 valence electrons. The lowest BCUT2D eigenvalue weighted by Gasteiger charge is -2.08. The summed E-state index contributed by atoms with van der Waals surface area (Å²) in [5.74, 6) is 0. The van der Waals surface area contributed by atoms with Gasteiger partial charge < -0.3 is 16.2 Å². The molecule has 0 saturated heterocycles. The molecule has 0 aromatic heterocycles. The highest BCUT2D eigenvalue weighted by atomic mass is 16.3. The lowest BCUT2D eigenvalue weighted by molar-refractivity contribution is 0.225. The van der Waals surface area contributed by atoms with Crippen molar-refractivity contribution in [2.45, 2.75) is 6.10 Å². The minimum absolute atomic E-state index is 0.591. The van der Waals surface area contributed by atoms with Gasteiger partial charge in [0.2, 0.25) is 0 Å². The average Bonchev–Trinajstić information content (AvgIpc) is 2.63. The van der Waals surface area contributed by atoms with Gasteiger partial charge in [0.1, 0.15) is 6.10 Å². The summed E-state index contributed by atoms with van der Waals surface area (Å²) in [4.78, 5) is 10.8. The fourth-order valence-electron chi connectivity index (χ4n) is 2.40. The lowest BCUT2D eigenvalue weighted by Crippen LogP contribution is -2.19. The van der Waals surface area contributed by atoms with E-state index in [9.17, 15) is 9.90 Å². The van der Waals surface area contributed by atoms with Crippen molar-refractivity contribution in [3.8, 4) is 11.1 Å². The van der Waals surface area contributed by atoms with Crippen molar-refractivity contribution in [2.75, 3.05) is 5.32 Å². The first-order valence-electron chi connectivity index (χ1n) is 5.64. The summed E-state index contributed by atoms with van der Waals surface area (Å²) in [6.45, 7) is 0. The fourth-order valence-corrected chi connectivity index (χ4v) is 2.40. The van der Waals surface area contributed by atoms with E-state index in [1.807, 2.05) is 30.3 Å². The van der Waals surface area contributed by atoms with Crippen molar-refractivity contribution in [3.63, 3.8) is 0 Å². The maximum Gasteiger partial charge on any atom is 0.316 e. The quantitative estimate of drug-likeness (QED) is 0.715. The Balaban J connectivity index is 2.10.